The first-order valence-corrected chi connectivity index (χ1v) is 7.32. The standard InChI is InChI=1S/C16H19N3O5/c1-9(21)19(18-13(22)8-20)14-11-6-10(7-17)4-5-12(11)24-16(2,3)15(14)23/h4-6,14-15,20,23H,8H2,1-3H3,(H,18,22)/t14-,15+/m0/s1. The van der Waals surface area contributed by atoms with Crippen molar-refractivity contribution in [2.24, 2.45) is 0 Å². The fourth-order valence-corrected chi connectivity index (χ4v) is 2.63. The second kappa shape index (κ2) is 6.47. The Labute approximate surface area is 139 Å². The number of aliphatic hydroxyl groups is 2. The van der Waals surface area contributed by atoms with Crippen molar-refractivity contribution >= 4 is 11.8 Å². The molecule has 0 saturated heterocycles. The molecule has 3 N–H and O–H groups in total. The highest BCUT2D eigenvalue weighted by molar-refractivity contribution is 5.82. The van der Waals surface area contributed by atoms with Crippen molar-refractivity contribution in [1.29, 1.82) is 5.26 Å². The molecule has 0 fully saturated rings. The summed E-state index contributed by atoms with van der Waals surface area (Å²) in [7, 11) is 0. The van der Waals surface area contributed by atoms with Gasteiger partial charge in [0.2, 0.25) is 5.91 Å². The number of hydrogen-bond acceptors (Lipinski definition) is 6. The second-order valence-electron chi connectivity index (χ2n) is 6.04. The molecule has 1 aromatic rings. The third-order valence-electron chi connectivity index (χ3n) is 3.85. The van der Waals surface area contributed by atoms with Crippen LogP contribution in [0.2, 0.25) is 0 Å². The molecule has 0 radical (unpaired) electrons. The first kappa shape index (κ1) is 17.7. The summed E-state index contributed by atoms with van der Waals surface area (Å²) in [6.07, 6.45) is -1.18. The maximum atomic E-state index is 12.0. The Bertz CT molecular complexity index is 710. The van der Waals surface area contributed by atoms with Crippen molar-refractivity contribution in [2.75, 3.05) is 6.61 Å². The Balaban J connectivity index is 2.58. The molecule has 2 amide bonds. The van der Waals surface area contributed by atoms with Gasteiger partial charge in [0.15, 0.2) is 0 Å². The van der Waals surface area contributed by atoms with Crippen molar-refractivity contribution < 1.29 is 24.5 Å². The zero-order valence-electron chi connectivity index (χ0n) is 13.6. The van der Waals surface area contributed by atoms with E-state index < -0.39 is 36.2 Å². The molecule has 0 unspecified atom stereocenters. The second-order valence-corrected chi connectivity index (χ2v) is 6.04. The largest absolute Gasteiger partial charge is 0.485 e. The Morgan fingerprint density at radius 3 is 2.67 bits per heavy atom. The number of aliphatic hydroxyl groups excluding tert-OH is 2. The molecule has 1 heterocycles. The van der Waals surface area contributed by atoms with Gasteiger partial charge in [0.1, 0.15) is 30.1 Å². The predicted molar refractivity (Wildman–Crippen MR) is 82.4 cm³/mol. The molecule has 0 aromatic heterocycles. The lowest BCUT2D eigenvalue weighted by Gasteiger charge is -2.45. The summed E-state index contributed by atoms with van der Waals surface area (Å²) in [6, 6.07) is 5.66. The lowest BCUT2D eigenvalue weighted by atomic mass is 9.85. The SMILES string of the molecule is CC(=O)N(NC(=O)CO)[C@H]1c2cc(C#N)ccc2OC(C)(C)[C@@H]1O. The van der Waals surface area contributed by atoms with E-state index in [1.54, 1.807) is 26.0 Å². The summed E-state index contributed by atoms with van der Waals surface area (Å²) in [4.78, 5) is 23.6. The van der Waals surface area contributed by atoms with Crippen LogP contribution in [0.3, 0.4) is 0 Å². The first-order chi connectivity index (χ1) is 11.2. The van der Waals surface area contributed by atoms with E-state index in [0.29, 0.717) is 16.9 Å². The van der Waals surface area contributed by atoms with E-state index in [2.05, 4.69) is 5.43 Å². The smallest absolute Gasteiger partial charge is 0.264 e. The minimum atomic E-state index is -1.18. The Morgan fingerprint density at radius 1 is 1.46 bits per heavy atom. The van der Waals surface area contributed by atoms with Gasteiger partial charge in [-0.2, -0.15) is 5.26 Å². The van der Waals surface area contributed by atoms with Crippen LogP contribution < -0.4 is 10.2 Å². The summed E-state index contributed by atoms with van der Waals surface area (Å²) < 4.78 is 5.76. The third-order valence-corrected chi connectivity index (χ3v) is 3.85. The highest BCUT2D eigenvalue weighted by Crippen LogP contribution is 2.42. The number of carbonyl (C=O) groups is 2. The number of carbonyl (C=O) groups excluding carboxylic acids is 2. The molecular formula is C16H19N3O5. The van der Waals surface area contributed by atoms with E-state index in [1.807, 2.05) is 6.07 Å². The molecule has 0 aliphatic carbocycles. The van der Waals surface area contributed by atoms with Crippen LogP contribution >= 0.6 is 0 Å². The molecule has 128 valence electrons. The molecule has 8 heteroatoms. The topological polar surface area (TPSA) is 123 Å². The molecule has 1 aliphatic rings. The van der Waals surface area contributed by atoms with Crippen LogP contribution in [0.25, 0.3) is 0 Å². The van der Waals surface area contributed by atoms with Crippen molar-refractivity contribution in [3.05, 3.63) is 29.3 Å². The lowest BCUT2D eigenvalue weighted by molar-refractivity contribution is -0.156. The van der Waals surface area contributed by atoms with E-state index in [9.17, 15) is 14.7 Å². The van der Waals surface area contributed by atoms with Gasteiger partial charge in [-0.15, -0.1) is 0 Å². The lowest BCUT2D eigenvalue weighted by Crippen LogP contribution is -2.58. The van der Waals surface area contributed by atoms with E-state index in [4.69, 9.17) is 15.1 Å². The number of rotatable bonds is 2. The van der Waals surface area contributed by atoms with Crippen molar-refractivity contribution in [3.63, 3.8) is 0 Å². The average molecular weight is 333 g/mol. The van der Waals surface area contributed by atoms with E-state index >= 15 is 0 Å². The van der Waals surface area contributed by atoms with Crippen LogP contribution in [0.4, 0.5) is 0 Å². The van der Waals surface area contributed by atoms with Crippen LogP contribution in [-0.2, 0) is 9.59 Å². The summed E-state index contributed by atoms with van der Waals surface area (Å²) in [5.74, 6) is -0.926. The Morgan fingerprint density at radius 2 is 2.12 bits per heavy atom. The van der Waals surface area contributed by atoms with Gasteiger partial charge >= 0.3 is 0 Å². The molecule has 2 rings (SSSR count). The normalized spacial score (nSPS) is 21.0. The number of amides is 2. The zero-order chi connectivity index (χ0) is 18.1. The summed E-state index contributed by atoms with van der Waals surface area (Å²) in [5, 5.41) is 29.7. The monoisotopic (exact) mass is 333 g/mol. The number of ether oxygens (including phenoxy) is 1. The number of hydrogen-bond donors (Lipinski definition) is 3. The quantitative estimate of drug-likeness (QED) is 0.655. The van der Waals surface area contributed by atoms with E-state index in [1.165, 1.54) is 13.0 Å². The summed E-state index contributed by atoms with van der Waals surface area (Å²) in [5.41, 5.74) is 1.96. The fraction of sp³-hybridized carbons (Fsp3) is 0.438. The van der Waals surface area contributed by atoms with Crippen LogP contribution in [0.5, 0.6) is 5.75 Å². The predicted octanol–water partition coefficient (Wildman–Crippen LogP) is 0.00328. The van der Waals surface area contributed by atoms with Crippen LogP contribution in [-0.4, -0.2) is 45.3 Å². The molecule has 8 nitrogen and oxygen atoms in total. The van der Waals surface area contributed by atoms with Crippen molar-refractivity contribution in [3.8, 4) is 11.8 Å². The molecule has 0 bridgehead atoms. The summed E-state index contributed by atoms with van der Waals surface area (Å²) >= 11 is 0. The van der Waals surface area contributed by atoms with Gasteiger partial charge in [0, 0.05) is 12.5 Å². The van der Waals surface area contributed by atoms with Gasteiger partial charge in [0.25, 0.3) is 5.91 Å². The van der Waals surface area contributed by atoms with Crippen LogP contribution in [0.1, 0.15) is 37.9 Å². The zero-order valence-corrected chi connectivity index (χ0v) is 13.6. The number of nitrogens with one attached hydrogen (secondary N) is 1. The van der Waals surface area contributed by atoms with Crippen molar-refractivity contribution in [1.82, 2.24) is 10.4 Å². The highest BCUT2D eigenvalue weighted by atomic mass is 16.5. The molecule has 24 heavy (non-hydrogen) atoms. The highest BCUT2D eigenvalue weighted by Gasteiger charge is 2.47. The maximum absolute atomic E-state index is 12.0. The molecule has 2 atom stereocenters. The number of hydrazine groups is 1. The molecule has 0 spiro atoms. The molecule has 0 saturated carbocycles. The average Bonchev–Trinajstić information content (AvgIpc) is 2.53. The summed E-state index contributed by atoms with van der Waals surface area (Å²) in [6.45, 7) is 3.72. The Kier molecular flexibility index (Phi) is 4.78. The van der Waals surface area contributed by atoms with Gasteiger partial charge in [0.05, 0.1) is 11.6 Å². The maximum Gasteiger partial charge on any atom is 0.264 e. The minimum Gasteiger partial charge on any atom is -0.485 e. The molecule has 1 aromatic carbocycles. The van der Waals surface area contributed by atoms with Gasteiger partial charge in [-0.25, -0.2) is 5.01 Å². The van der Waals surface area contributed by atoms with Gasteiger partial charge in [-0.1, -0.05) is 0 Å². The minimum absolute atomic E-state index is 0.325. The number of nitrogens with zero attached hydrogens (tertiary/aromatic N) is 2. The van der Waals surface area contributed by atoms with E-state index in [-0.39, 0.29) is 0 Å². The number of nitriles is 1. The van der Waals surface area contributed by atoms with Gasteiger partial charge in [-0.05, 0) is 32.0 Å². The fourth-order valence-electron chi connectivity index (χ4n) is 2.63. The van der Waals surface area contributed by atoms with Gasteiger partial charge < -0.3 is 14.9 Å². The number of fused-ring (bicyclic) bond motifs is 1. The third kappa shape index (κ3) is 3.18. The molecular weight excluding hydrogens is 314 g/mol. The Hall–Kier alpha value is -2.63. The molecule has 1 aliphatic heterocycles. The van der Waals surface area contributed by atoms with Crippen LogP contribution in [0, 0.1) is 11.3 Å². The van der Waals surface area contributed by atoms with Gasteiger partial charge in [-0.3, -0.25) is 15.0 Å². The van der Waals surface area contributed by atoms with Crippen LogP contribution in [0.15, 0.2) is 18.2 Å². The number of benzene rings is 1. The first-order valence-electron chi connectivity index (χ1n) is 7.32. The van der Waals surface area contributed by atoms with E-state index in [0.717, 1.165) is 5.01 Å². The van der Waals surface area contributed by atoms with Crippen molar-refractivity contribution in [2.45, 2.75) is 38.5 Å².